The van der Waals surface area contributed by atoms with E-state index < -0.39 is 24.1 Å². The van der Waals surface area contributed by atoms with Gasteiger partial charge < -0.3 is 9.47 Å². The first-order chi connectivity index (χ1) is 13.5. The second-order valence-electron chi connectivity index (χ2n) is 7.39. The maximum atomic E-state index is 16.0. The van der Waals surface area contributed by atoms with Crippen molar-refractivity contribution in [2.24, 2.45) is 0 Å². The van der Waals surface area contributed by atoms with E-state index in [1.807, 2.05) is 67.6 Å². The van der Waals surface area contributed by atoms with Crippen LogP contribution in [-0.2, 0) is 27.5 Å². The number of hydroxylamine groups is 2. The zero-order valence-electron chi connectivity index (χ0n) is 16.9. The molecule has 1 aliphatic rings. The first-order valence-electron chi connectivity index (χ1n) is 9.94. The van der Waals surface area contributed by atoms with E-state index in [0.717, 1.165) is 11.1 Å². The maximum Gasteiger partial charge on any atom is 0.179 e. The van der Waals surface area contributed by atoms with Crippen molar-refractivity contribution in [2.45, 2.75) is 64.4 Å². The summed E-state index contributed by atoms with van der Waals surface area (Å²) in [5.41, 5.74) is 0.495. The zero-order valence-corrected chi connectivity index (χ0v) is 16.9. The van der Waals surface area contributed by atoms with Crippen LogP contribution in [0.4, 0.5) is 4.39 Å². The van der Waals surface area contributed by atoms with E-state index >= 15 is 4.39 Å². The van der Waals surface area contributed by atoms with Gasteiger partial charge in [0.15, 0.2) is 12.0 Å². The third kappa shape index (κ3) is 5.17. The van der Waals surface area contributed by atoms with Crippen molar-refractivity contribution in [1.29, 1.82) is 0 Å². The predicted molar refractivity (Wildman–Crippen MR) is 107 cm³/mol. The van der Waals surface area contributed by atoms with Crippen LogP contribution in [0.2, 0.25) is 0 Å². The number of hydrogen-bond acceptors (Lipinski definition) is 4. The molecule has 4 unspecified atom stereocenters. The number of alkyl halides is 1. The molecule has 1 fully saturated rings. The molecule has 0 bridgehead atoms. The highest BCUT2D eigenvalue weighted by Crippen LogP contribution is 2.37. The average Bonchev–Trinajstić information content (AvgIpc) is 3.11. The van der Waals surface area contributed by atoms with Gasteiger partial charge in [0.2, 0.25) is 0 Å². The van der Waals surface area contributed by atoms with Crippen molar-refractivity contribution in [3.05, 3.63) is 71.8 Å². The summed E-state index contributed by atoms with van der Waals surface area (Å²) in [5.74, 6) is 0. The summed E-state index contributed by atoms with van der Waals surface area (Å²) in [7, 11) is 0. The molecule has 5 heteroatoms. The Kier molecular flexibility index (Phi) is 7.18. The van der Waals surface area contributed by atoms with Gasteiger partial charge in [-0.3, -0.25) is 4.84 Å². The molecule has 152 valence electrons. The highest BCUT2D eigenvalue weighted by atomic mass is 19.1. The van der Waals surface area contributed by atoms with Gasteiger partial charge in [0.1, 0.15) is 0 Å². The molecule has 0 radical (unpaired) electrons. The van der Waals surface area contributed by atoms with Gasteiger partial charge in [0, 0.05) is 19.6 Å². The van der Waals surface area contributed by atoms with Gasteiger partial charge in [0.25, 0.3) is 0 Å². The van der Waals surface area contributed by atoms with Crippen LogP contribution >= 0.6 is 0 Å². The van der Waals surface area contributed by atoms with E-state index in [-0.39, 0.29) is 0 Å². The fraction of sp³-hybridized carbons (Fsp3) is 0.478. The Morgan fingerprint density at radius 3 is 2.32 bits per heavy atom. The summed E-state index contributed by atoms with van der Waals surface area (Å²) >= 11 is 0. The fourth-order valence-electron chi connectivity index (χ4n) is 3.50. The minimum Gasteiger partial charge on any atom is -0.370 e. The quantitative estimate of drug-likeness (QED) is 0.613. The molecule has 3 rings (SSSR count). The Morgan fingerprint density at radius 1 is 1.11 bits per heavy atom. The largest absolute Gasteiger partial charge is 0.370 e. The maximum absolute atomic E-state index is 16.0. The first-order valence-corrected chi connectivity index (χ1v) is 9.94. The number of hydrogen-bond donors (Lipinski definition) is 0. The minimum atomic E-state index is -1.60. The van der Waals surface area contributed by atoms with Crippen molar-refractivity contribution in [1.82, 2.24) is 5.06 Å². The van der Waals surface area contributed by atoms with E-state index in [1.54, 1.807) is 18.9 Å². The van der Waals surface area contributed by atoms with Crippen LogP contribution in [0.3, 0.4) is 0 Å². The molecule has 1 saturated heterocycles. The smallest absolute Gasteiger partial charge is 0.179 e. The minimum absolute atomic E-state index is 0.378. The lowest BCUT2D eigenvalue weighted by molar-refractivity contribution is -0.254. The Morgan fingerprint density at radius 2 is 1.71 bits per heavy atom. The molecule has 0 amide bonds. The summed E-state index contributed by atoms with van der Waals surface area (Å²) in [6.07, 6.45) is -0.567. The second kappa shape index (κ2) is 9.61. The molecule has 0 aliphatic carbocycles. The lowest BCUT2D eigenvalue weighted by atomic mass is 9.90. The molecule has 0 N–H and O–H groups in total. The zero-order chi connectivity index (χ0) is 20.0. The molecule has 0 spiro atoms. The molecule has 2 aromatic carbocycles. The summed E-state index contributed by atoms with van der Waals surface area (Å²) in [6, 6.07) is 19.3. The summed E-state index contributed by atoms with van der Waals surface area (Å²) < 4.78 is 27.5. The van der Waals surface area contributed by atoms with Gasteiger partial charge in [-0.25, -0.2) is 4.39 Å². The summed E-state index contributed by atoms with van der Waals surface area (Å²) in [6.45, 7) is 6.71. The summed E-state index contributed by atoms with van der Waals surface area (Å²) in [5, 5.41) is 1.72. The number of rotatable bonds is 9. The average molecular weight is 387 g/mol. The predicted octanol–water partition coefficient (Wildman–Crippen LogP) is 4.89. The van der Waals surface area contributed by atoms with Crippen LogP contribution < -0.4 is 0 Å². The van der Waals surface area contributed by atoms with E-state index in [0.29, 0.717) is 26.2 Å². The van der Waals surface area contributed by atoms with Crippen molar-refractivity contribution >= 4 is 0 Å². The first kappa shape index (κ1) is 20.9. The topological polar surface area (TPSA) is 30.9 Å². The van der Waals surface area contributed by atoms with Gasteiger partial charge >= 0.3 is 0 Å². The Bertz CT molecular complexity index is 710. The Balaban J connectivity index is 1.69. The Labute approximate surface area is 167 Å². The van der Waals surface area contributed by atoms with Crippen LogP contribution in [0.15, 0.2) is 60.7 Å². The fourth-order valence-corrected chi connectivity index (χ4v) is 3.50. The highest BCUT2D eigenvalue weighted by Gasteiger charge is 2.49. The van der Waals surface area contributed by atoms with E-state index in [2.05, 4.69) is 0 Å². The molecule has 4 nitrogen and oxygen atoms in total. The van der Waals surface area contributed by atoms with Gasteiger partial charge in [-0.2, -0.15) is 5.06 Å². The SMILES string of the molecule is CCOC1CC(C(C)(F)C(C)OCc2ccccc2)N(Cc2ccccc2)O1. The van der Waals surface area contributed by atoms with Crippen LogP contribution in [-0.4, -0.2) is 35.8 Å². The number of halogens is 1. The molecule has 2 aromatic rings. The number of ether oxygens (including phenoxy) is 2. The summed E-state index contributed by atoms with van der Waals surface area (Å²) in [4.78, 5) is 5.93. The van der Waals surface area contributed by atoms with E-state index in [9.17, 15) is 0 Å². The molecule has 0 saturated carbocycles. The Hall–Kier alpha value is -1.79. The third-order valence-corrected chi connectivity index (χ3v) is 5.34. The van der Waals surface area contributed by atoms with Crippen LogP contribution in [0.5, 0.6) is 0 Å². The molecule has 1 aliphatic heterocycles. The van der Waals surface area contributed by atoms with Gasteiger partial charge in [-0.05, 0) is 31.9 Å². The standard InChI is InChI=1S/C23H30FNO3/c1-4-26-22-15-21(25(28-22)16-19-11-7-5-8-12-19)23(3,24)18(2)27-17-20-13-9-6-10-14-20/h5-14,18,21-22H,4,15-17H2,1-3H3. The lowest BCUT2D eigenvalue weighted by Crippen LogP contribution is -2.51. The van der Waals surface area contributed by atoms with Crippen molar-refractivity contribution in [3.8, 4) is 0 Å². The van der Waals surface area contributed by atoms with Crippen molar-refractivity contribution in [2.75, 3.05) is 6.61 Å². The number of benzene rings is 2. The molecule has 0 aromatic heterocycles. The molecule has 28 heavy (non-hydrogen) atoms. The van der Waals surface area contributed by atoms with E-state index in [4.69, 9.17) is 14.3 Å². The van der Waals surface area contributed by atoms with Crippen LogP contribution in [0.1, 0.15) is 38.3 Å². The highest BCUT2D eigenvalue weighted by molar-refractivity contribution is 5.15. The van der Waals surface area contributed by atoms with Crippen LogP contribution in [0.25, 0.3) is 0 Å². The molecular weight excluding hydrogens is 357 g/mol. The monoisotopic (exact) mass is 387 g/mol. The lowest BCUT2D eigenvalue weighted by Gasteiger charge is -2.36. The van der Waals surface area contributed by atoms with Crippen LogP contribution in [0, 0.1) is 0 Å². The van der Waals surface area contributed by atoms with E-state index in [1.165, 1.54) is 0 Å². The van der Waals surface area contributed by atoms with Gasteiger partial charge in [-0.1, -0.05) is 60.7 Å². The second-order valence-corrected chi connectivity index (χ2v) is 7.39. The number of nitrogens with zero attached hydrogens (tertiary/aromatic N) is 1. The van der Waals surface area contributed by atoms with Crippen molar-refractivity contribution < 1.29 is 18.7 Å². The molecule has 1 heterocycles. The van der Waals surface area contributed by atoms with Gasteiger partial charge in [0.05, 0.1) is 18.8 Å². The molecule has 4 atom stereocenters. The van der Waals surface area contributed by atoms with Gasteiger partial charge in [-0.15, -0.1) is 0 Å². The van der Waals surface area contributed by atoms with Crippen molar-refractivity contribution in [3.63, 3.8) is 0 Å². The third-order valence-electron chi connectivity index (χ3n) is 5.34. The normalized spacial score (nSPS) is 23.4. The molecular formula is C23H30FNO3.